The van der Waals surface area contributed by atoms with Crippen LogP contribution in [0.3, 0.4) is 0 Å². The van der Waals surface area contributed by atoms with E-state index in [1.54, 1.807) is 7.11 Å². The topological polar surface area (TPSA) is 41.7 Å². The lowest BCUT2D eigenvalue weighted by Crippen LogP contribution is -2.49. The molecule has 1 saturated heterocycles. The minimum Gasteiger partial charge on any atom is -0.497 e. The van der Waals surface area contributed by atoms with Crippen molar-refractivity contribution in [1.29, 1.82) is 0 Å². The largest absolute Gasteiger partial charge is 0.497 e. The highest BCUT2D eigenvalue weighted by Gasteiger charge is 2.28. The van der Waals surface area contributed by atoms with Crippen LogP contribution in [0.1, 0.15) is 24.4 Å². The second-order valence-electron chi connectivity index (χ2n) is 6.30. The van der Waals surface area contributed by atoms with Gasteiger partial charge in [0, 0.05) is 45.3 Å². The van der Waals surface area contributed by atoms with Gasteiger partial charge in [0.1, 0.15) is 5.75 Å². The summed E-state index contributed by atoms with van der Waals surface area (Å²) in [6, 6.07) is 8.68. The van der Waals surface area contributed by atoms with Gasteiger partial charge in [0.25, 0.3) is 0 Å². The Bertz CT molecular complexity index is 436. The number of piperazine rings is 1. The van der Waals surface area contributed by atoms with Crippen molar-refractivity contribution in [2.45, 2.75) is 18.9 Å². The van der Waals surface area contributed by atoms with Crippen molar-refractivity contribution >= 4 is 0 Å². The molecule has 0 spiro atoms. The number of methoxy groups -OCH3 is 1. The van der Waals surface area contributed by atoms with E-state index in [1.807, 2.05) is 12.1 Å². The second kappa shape index (κ2) is 6.77. The van der Waals surface area contributed by atoms with Crippen molar-refractivity contribution in [3.8, 4) is 5.75 Å². The van der Waals surface area contributed by atoms with Gasteiger partial charge in [-0.1, -0.05) is 12.1 Å². The van der Waals surface area contributed by atoms with E-state index >= 15 is 0 Å². The summed E-state index contributed by atoms with van der Waals surface area (Å²) in [5.74, 6) is 1.90. The smallest absolute Gasteiger partial charge is 0.118 e. The predicted molar refractivity (Wildman–Crippen MR) is 85.5 cm³/mol. The molecule has 0 radical (unpaired) electrons. The molecule has 2 aliphatic rings. The third kappa shape index (κ3) is 3.76. The number of ether oxygens (including phenoxy) is 1. The second-order valence-corrected chi connectivity index (χ2v) is 6.30. The maximum Gasteiger partial charge on any atom is 0.118 e. The summed E-state index contributed by atoms with van der Waals surface area (Å²) in [6.45, 7) is 6.60. The monoisotopic (exact) mass is 289 g/mol. The van der Waals surface area contributed by atoms with Crippen LogP contribution in [0.2, 0.25) is 0 Å². The van der Waals surface area contributed by atoms with Crippen molar-refractivity contribution in [2.75, 3.05) is 46.4 Å². The number of hydrogen-bond acceptors (Lipinski definition) is 4. The van der Waals surface area contributed by atoms with Crippen LogP contribution >= 0.6 is 0 Å². The molecule has 1 aliphatic carbocycles. The molecular formula is C17H27N3O. The van der Waals surface area contributed by atoms with Crippen LogP contribution in [0.4, 0.5) is 0 Å². The van der Waals surface area contributed by atoms with Crippen molar-refractivity contribution in [1.82, 2.24) is 9.80 Å². The average Bonchev–Trinajstić information content (AvgIpc) is 3.34. The fraction of sp³-hybridized carbons (Fsp3) is 0.647. The summed E-state index contributed by atoms with van der Waals surface area (Å²) in [7, 11) is 1.70. The van der Waals surface area contributed by atoms with Crippen LogP contribution in [0, 0.1) is 5.92 Å². The average molecular weight is 289 g/mol. The predicted octanol–water partition coefficient (Wildman–Crippen LogP) is 1.72. The van der Waals surface area contributed by atoms with Crippen molar-refractivity contribution in [2.24, 2.45) is 11.7 Å². The Balaban J connectivity index is 1.57. The van der Waals surface area contributed by atoms with E-state index in [4.69, 9.17) is 10.5 Å². The van der Waals surface area contributed by atoms with E-state index in [0.29, 0.717) is 12.6 Å². The highest BCUT2D eigenvalue weighted by atomic mass is 16.5. The quantitative estimate of drug-likeness (QED) is 0.866. The SMILES string of the molecule is COc1ccc(C(CN)N2CCN(CC3CC3)CC2)cc1. The third-order valence-electron chi connectivity index (χ3n) is 4.78. The lowest BCUT2D eigenvalue weighted by Gasteiger charge is -2.39. The molecule has 1 heterocycles. The minimum atomic E-state index is 0.332. The first kappa shape index (κ1) is 14.8. The van der Waals surface area contributed by atoms with E-state index in [2.05, 4.69) is 21.9 Å². The van der Waals surface area contributed by atoms with E-state index in [9.17, 15) is 0 Å². The number of nitrogens with two attached hydrogens (primary N) is 1. The van der Waals surface area contributed by atoms with Crippen molar-refractivity contribution in [3.63, 3.8) is 0 Å². The first-order valence-corrected chi connectivity index (χ1v) is 8.10. The summed E-state index contributed by atoms with van der Waals surface area (Å²) < 4.78 is 5.23. The zero-order chi connectivity index (χ0) is 14.7. The van der Waals surface area contributed by atoms with Gasteiger partial charge in [-0.3, -0.25) is 4.90 Å². The summed E-state index contributed by atoms with van der Waals surface area (Å²) >= 11 is 0. The number of hydrogen-bond donors (Lipinski definition) is 1. The molecule has 3 rings (SSSR count). The van der Waals surface area contributed by atoms with Gasteiger partial charge in [0.2, 0.25) is 0 Å². The first-order chi connectivity index (χ1) is 10.3. The molecule has 1 saturated carbocycles. The van der Waals surface area contributed by atoms with Crippen molar-refractivity contribution < 1.29 is 4.74 Å². The minimum absolute atomic E-state index is 0.332. The van der Waals surface area contributed by atoms with Gasteiger partial charge >= 0.3 is 0 Å². The van der Waals surface area contributed by atoms with Crippen LogP contribution < -0.4 is 10.5 Å². The summed E-state index contributed by atoms with van der Waals surface area (Å²) in [5.41, 5.74) is 7.35. The van der Waals surface area contributed by atoms with Gasteiger partial charge in [0.05, 0.1) is 7.11 Å². The molecule has 1 atom stereocenters. The number of nitrogens with zero attached hydrogens (tertiary/aromatic N) is 2. The van der Waals surface area contributed by atoms with Gasteiger partial charge < -0.3 is 15.4 Å². The maximum atomic E-state index is 6.05. The molecule has 2 N–H and O–H groups in total. The molecule has 0 bridgehead atoms. The lowest BCUT2D eigenvalue weighted by molar-refractivity contribution is 0.0955. The Morgan fingerprint density at radius 2 is 1.81 bits per heavy atom. The number of benzene rings is 1. The van der Waals surface area contributed by atoms with E-state index in [1.165, 1.54) is 38.0 Å². The molecule has 21 heavy (non-hydrogen) atoms. The number of rotatable bonds is 6. The fourth-order valence-electron chi connectivity index (χ4n) is 3.25. The molecule has 116 valence electrons. The van der Waals surface area contributed by atoms with Gasteiger partial charge in [-0.2, -0.15) is 0 Å². The Labute approximate surface area is 127 Å². The van der Waals surface area contributed by atoms with Gasteiger partial charge in [0.15, 0.2) is 0 Å². The molecule has 1 unspecified atom stereocenters. The molecular weight excluding hydrogens is 262 g/mol. The van der Waals surface area contributed by atoms with Crippen LogP contribution in [0.25, 0.3) is 0 Å². The Morgan fingerprint density at radius 1 is 1.14 bits per heavy atom. The summed E-state index contributed by atoms with van der Waals surface area (Å²) in [6.07, 6.45) is 2.88. The van der Waals surface area contributed by atoms with Crippen LogP contribution in [-0.4, -0.2) is 56.2 Å². The van der Waals surface area contributed by atoms with Crippen LogP contribution in [0.5, 0.6) is 5.75 Å². The molecule has 2 fully saturated rings. The Hall–Kier alpha value is -1.10. The van der Waals surface area contributed by atoms with Crippen molar-refractivity contribution in [3.05, 3.63) is 29.8 Å². The normalized spacial score (nSPS) is 22.2. The highest BCUT2D eigenvalue weighted by Crippen LogP contribution is 2.30. The summed E-state index contributed by atoms with van der Waals surface area (Å²) in [5, 5.41) is 0. The van der Waals surface area contributed by atoms with Gasteiger partial charge in [-0.15, -0.1) is 0 Å². The standard InChI is InChI=1S/C17H27N3O/c1-21-16-6-4-15(5-7-16)17(12-18)20-10-8-19(9-11-20)13-14-2-3-14/h4-7,14,17H,2-3,8-13,18H2,1H3. The van der Waals surface area contributed by atoms with E-state index < -0.39 is 0 Å². The summed E-state index contributed by atoms with van der Waals surface area (Å²) in [4.78, 5) is 5.15. The van der Waals surface area contributed by atoms with E-state index in [-0.39, 0.29) is 0 Å². The lowest BCUT2D eigenvalue weighted by atomic mass is 10.0. The molecule has 0 amide bonds. The zero-order valence-electron chi connectivity index (χ0n) is 13.0. The van der Waals surface area contributed by atoms with Crippen LogP contribution in [0.15, 0.2) is 24.3 Å². The fourth-order valence-corrected chi connectivity index (χ4v) is 3.25. The molecule has 1 aromatic carbocycles. The zero-order valence-corrected chi connectivity index (χ0v) is 13.0. The Morgan fingerprint density at radius 3 is 2.33 bits per heavy atom. The van der Waals surface area contributed by atoms with Gasteiger partial charge in [-0.25, -0.2) is 0 Å². The third-order valence-corrected chi connectivity index (χ3v) is 4.78. The molecule has 1 aromatic rings. The first-order valence-electron chi connectivity index (χ1n) is 8.10. The Kier molecular flexibility index (Phi) is 4.78. The molecule has 4 nitrogen and oxygen atoms in total. The highest BCUT2D eigenvalue weighted by molar-refractivity contribution is 5.29. The molecule has 4 heteroatoms. The molecule has 1 aliphatic heterocycles. The maximum absolute atomic E-state index is 6.05. The molecule has 0 aromatic heterocycles. The van der Waals surface area contributed by atoms with E-state index in [0.717, 1.165) is 24.8 Å². The van der Waals surface area contributed by atoms with Crippen LogP contribution in [-0.2, 0) is 0 Å². The van der Waals surface area contributed by atoms with Gasteiger partial charge in [-0.05, 0) is 36.5 Å².